The number of aromatic nitrogens is 2. The van der Waals surface area contributed by atoms with Gasteiger partial charge in [-0.05, 0) is 48.4 Å². The lowest BCUT2D eigenvalue weighted by Gasteiger charge is -2.05. The van der Waals surface area contributed by atoms with E-state index in [1.165, 1.54) is 16.8 Å². The third-order valence-corrected chi connectivity index (χ3v) is 3.81. The molecule has 0 fully saturated rings. The van der Waals surface area contributed by atoms with Crippen LogP contribution < -0.4 is 11.1 Å². The summed E-state index contributed by atoms with van der Waals surface area (Å²) in [6, 6.07) is 14.5. The average molecular weight is 352 g/mol. The van der Waals surface area contributed by atoms with Crippen molar-refractivity contribution in [1.82, 2.24) is 15.1 Å². The number of rotatable bonds is 6. The number of hydrogen-bond donors (Lipinski definition) is 2. The summed E-state index contributed by atoms with van der Waals surface area (Å²) in [7, 11) is 0. The third-order valence-electron chi connectivity index (χ3n) is 3.81. The SMILES string of the molecule is NC(=O)c1cccc(CCNC(=O)c2ccn(-c3cccc(F)c3)n2)c1. The molecule has 0 saturated carbocycles. The molecule has 0 bridgehead atoms. The zero-order valence-electron chi connectivity index (χ0n) is 13.9. The number of primary amides is 1. The molecule has 1 aromatic heterocycles. The molecule has 0 spiro atoms. The van der Waals surface area contributed by atoms with E-state index in [2.05, 4.69) is 10.4 Å². The van der Waals surface area contributed by atoms with Crippen molar-refractivity contribution >= 4 is 11.8 Å². The summed E-state index contributed by atoms with van der Waals surface area (Å²) < 4.78 is 14.7. The van der Waals surface area contributed by atoms with Crippen LogP contribution in [0.4, 0.5) is 4.39 Å². The van der Waals surface area contributed by atoms with E-state index >= 15 is 0 Å². The lowest BCUT2D eigenvalue weighted by molar-refractivity contribution is 0.0947. The molecule has 0 saturated heterocycles. The Morgan fingerprint density at radius 3 is 2.69 bits per heavy atom. The van der Waals surface area contributed by atoms with E-state index in [4.69, 9.17) is 5.73 Å². The summed E-state index contributed by atoms with van der Waals surface area (Å²) in [6.07, 6.45) is 2.15. The first-order valence-electron chi connectivity index (χ1n) is 8.01. The van der Waals surface area contributed by atoms with Crippen LogP contribution in [0.25, 0.3) is 5.69 Å². The Balaban J connectivity index is 1.59. The van der Waals surface area contributed by atoms with Crippen LogP contribution in [0, 0.1) is 5.82 Å². The molecular formula is C19H17FN4O2. The maximum absolute atomic E-state index is 13.3. The van der Waals surface area contributed by atoms with Crippen molar-refractivity contribution in [2.75, 3.05) is 6.54 Å². The molecule has 0 radical (unpaired) electrons. The Kier molecular flexibility index (Phi) is 5.07. The number of carbonyl (C=O) groups excluding carboxylic acids is 2. The molecule has 0 aliphatic carbocycles. The van der Waals surface area contributed by atoms with Crippen LogP contribution in [0.1, 0.15) is 26.4 Å². The van der Waals surface area contributed by atoms with Gasteiger partial charge in [0, 0.05) is 18.3 Å². The summed E-state index contributed by atoms with van der Waals surface area (Å²) in [4.78, 5) is 23.4. The van der Waals surface area contributed by atoms with Crippen LogP contribution in [0.15, 0.2) is 60.8 Å². The summed E-state index contributed by atoms with van der Waals surface area (Å²) in [5.74, 6) is -1.19. The number of nitrogens with two attached hydrogens (primary N) is 1. The molecule has 7 heteroatoms. The van der Waals surface area contributed by atoms with E-state index in [9.17, 15) is 14.0 Å². The molecule has 3 N–H and O–H groups in total. The third kappa shape index (κ3) is 4.13. The fourth-order valence-corrected chi connectivity index (χ4v) is 2.50. The highest BCUT2D eigenvalue weighted by molar-refractivity contribution is 5.93. The van der Waals surface area contributed by atoms with Crippen molar-refractivity contribution in [2.45, 2.75) is 6.42 Å². The van der Waals surface area contributed by atoms with Gasteiger partial charge in [-0.2, -0.15) is 5.10 Å². The van der Waals surface area contributed by atoms with E-state index in [0.717, 1.165) is 5.56 Å². The minimum Gasteiger partial charge on any atom is -0.366 e. The second kappa shape index (κ2) is 7.60. The van der Waals surface area contributed by atoms with Gasteiger partial charge in [0.1, 0.15) is 5.82 Å². The van der Waals surface area contributed by atoms with Crippen molar-refractivity contribution in [3.05, 3.63) is 83.4 Å². The number of benzene rings is 2. The van der Waals surface area contributed by atoms with E-state index in [0.29, 0.717) is 24.2 Å². The first-order chi connectivity index (χ1) is 12.5. The summed E-state index contributed by atoms with van der Waals surface area (Å²) in [6.45, 7) is 0.383. The smallest absolute Gasteiger partial charge is 0.271 e. The summed E-state index contributed by atoms with van der Waals surface area (Å²) in [5, 5.41) is 6.93. The summed E-state index contributed by atoms with van der Waals surface area (Å²) in [5.41, 5.74) is 7.35. The van der Waals surface area contributed by atoms with Crippen molar-refractivity contribution in [2.24, 2.45) is 5.73 Å². The molecule has 3 rings (SSSR count). The zero-order chi connectivity index (χ0) is 18.5. The standard InChI is InChI=1S/C19H17FN4O2/c20-15-5-2-6-16(12-15)24-10-8-17(23-24)19(26)22-9-7-13-3-1-4-14(11-13)18(21)25/h1-6,8,10-12H,7,9H2,(H2,21,25)(H,22,26). The quantitative estimate of drug-likeness (QED) is 0.712. The van der Waals surface area contributed by atoms with Crippen molar-refractivity contribution < 1.29 is 14.0 Å². The van der Waals surface area contributed by atoms with Gasteiger partial charge < -0.3 is 11.1 Å². The van der Waals surface area contributed by atoms with Gasteiger partial charge >= 0.3 is 0 Å². The molecule has 3 aromatic rings. The van der Waals surface area contributed by atoms with Gasteiger partial charge in [0.25, 0.3) is 5.91 Å². The number of hydrogen-bond acceptors (Lipinski definition) is 3. The largest absolute Gasteiger partial charge is 0.366 e. The van der Waals surface area contributed by atoms with Crippen molar-refractivity contribution in [3.63, 3.8) is 0 Å². The van der Waals surface area contributed by atoms with Gasteiger partial charge in [-0.3, -0.25) is 9.59 Å². The highest BCUT2D eigenvalue weighted by atomic mass is 19.1. The van der Waals surface area contributed by atoms with Crippen LogP contribution in [-0.2, 0) is 6.42 Å². The molecule has 6 nitrogen and oxygen atoms in total. The van der Waals surface area contributed by atoms with Gasteiger partial charge in [-0.1, -0.05) is 18.2 Å². The second-order valence-electron chi connectivity index (χ2n) is 5.70. The molecule has 1 heterocycles. The molecule has 0 aliphatic heterocycles. The highest BCUT2D eigenvalue weighted by Gasteiger charge is 2.10. The van der Waals surface area contributed by atoms with E-state index in [1.54, 1.807) is 42.6 Å². The number of nitrogens with zero attached hydrogens (tertiary/aromatic N) is 2. The molecular weight excluding hydrogens is 335 g/mol. The Morgan fingerprint density at radius 2 is 1.92 bits per heavy atom. The fraction of sp³-hybridized carbons (Fsp3) is 0.105. The second-order valence-corrected chi connectivity index (χ2v) is 5.70. The number of carbonyl (C=O) groups is 2. The zero-order valence-corrected chi connectivity index (χ0v) is 13.9. The van der Waals surface area contributed by atoms with Gasteiger partial charge in [0.15, 0.2) is 5.69 Å². The maximum Gasteiger partial charge on any atom is 0.271 e. The molecule has 2 amide bonds. The minimum absolute atomic E-state index is 0.236. The topological polar surface area (TPSA) is 90.0 Å². The first-order valence-corrected chi connectivity index (χ1v) is 8.01. The first kappa shape index (κ1) is 17.3. The van der Waals surface area contributed by atoms with Crippen LogP contribution in [-0.4, -0.2) is 28.1 Å². The lowest BCUT2D eigenvalue weighted by atomic mass is 10.1. The normalized spacial score (nSPS) is 10.5. The van der Waals surface area contributed by atoms with Gasteiger partial charge in [0.05, 0.1) is 5.69 Å². The monoisotopic (exact) mass is 352 g/mol. The van der Waals surface area contributed by atoms with E-state index in [1.807, 2.05) is 6.07 Å². The van der Waals surface area contributed by atoms with Crippen LogP contribution in [0.3, 0.4) is 0 Å². The Labute approximate surface area is 149 Å². The lowest BCUT2D eigenvalue weighted by Crippen LogP contribution is -2.26. The predicted molar refractivity (Wildman–Crippen MR) is 94.5 cm³/mol. The van der Waals surface area contributed by atoms with Crippen molar-refractivity contribution in [1.29, 1.82) is 0 Å². The Hall–Kier alpha value is -3.48. The van der Waals surface area contributed by atoms with Gasteiger partial charge in [0.2, 0.25) is 5.91 Å². The van der Waals surface area contributed by atoms with Gasteiger partial charge in [-0.15, -0.1) is 0 Å². The Bertz CT molecular complexity index is 952. The Morgan fingerprint density at radius 1 is 1.12 bits per heavy atom. The predicted octanol–water partition coefficient (Wildman–Crippen LogP) is 2.08. The van der Waals surface area contributed by atoms with E-state index < -0.39 is 5.91 Å². The van der Waals surface area contributed by atoms with E-state index in [-0.39, 0.29) is 17.4 Å². The van der Waals surface area contributed by atoms with Crippen molar-refractivity contribution in [3.8, 4) is 5.69 Å². The highest BCUT2D eigenvalue weighted by Crippen LogP contribution is 2.10. The number of halogens is 1. The summed E-state index contributed by atoms with van der Waals surface area (Å²) >= 11 is 0. The average Bonchev–Trinajstić information content (AvgIpc) is 3.12. The minimum atomic E-state index is -0.487. The molecule has 26 heavy (non-hydrogen) atoms. The van der Waals surface area contributed by atoms with Crippen LogP contribution in [0.5, 0.6) is 0 Å². The van der Waals surface area contributed by atoms with Crippen LogP contribution in [0.2, 0.25) is 0 Å². The molecule has 2 aromatic carbocycles. The molecule has 0 atom stereocenters. The number of nitrogens with one attached hydrogen (secondary N) is 1. The molecule has 0 aliphatic rings. The molecule has 0 unspecified atom stereocenters. The fourth-order valence-electron chi connectivity index (χ4n) is 2.50. The van der Waals surface area contributed by atoms with Crippen LogP contribution >= 0.6 is 0 Å². The maximum atomic E-state index is 13.3. The molecule has 132 valence electrons. The number of amides is 2. The van der Waals surface area contributed by atoms with Gasteiger partial charge in [-0.25, -0.2) is 9.07 Å².